The topological polar surface area (TPSA) is 83.5 Å². The van der Waals surface area contributed by atoms with Crippen LogP contribution in [0, 0.1) is 0 Å². The molecule has 0 saturated heterocycles. The SMILES string of the molecule is CC(=O)[O-].CC(=O)[O-].CCN(CC)CC.[Mn+2]. The monoisotopic (exact) mass is 274 g/mol. The number of carbonyl (C=O) groups is 2. The van der Waals surface area contributed by atoms with Gasteiger partial charge in [0.15, 0.2) is 0 Å². The predicted octanol–water partition coefficient (Wildman–Crippen LogP) is -1.14. The number of carbonyl (C=O) groups excluding carboxylic acids is 2. The van der Waals surface area contributed by atoms with Crippen LogP contribution in [0.3, 0.4) is 0 Å². The average Bonchev–Trinajstić information content (AvgIpc) is 2.05. The van der Waals surface area contributed by atoms with Gasteiger partial charge in [0.25, 0.3) is 0 Å². The normalized spacial score (nSPS) is 7.62. The maximum absolute atomic E-state index is 8.89. The Labute approximate surface area is 108 Å². The Morgan fingerprint density at radius 1 is 0.875 bits per heavy atom. The van der Waals surface area contributed by atoms with Crippen molar-refractivity contribution < 1.29 is 36.9 Å². The standard InChI is InChI=1S/C6H15N.2C2H4O2.Mn/c1-4-7(5-2)6-3;2*1-2(3)4;/h4-6H2,1-3H3;2*1H3,(H,3,4);/q;;;+2/p-2. The molecule has 0 aromatic heterocycles. The van der Waals surface area contributed by atoms with E-state index in [1.807, 2.05) is 0 Å². The fourth-order valence-electron chi connectivity index (χ4n) is 0.671. The molecular weight excluding hydrogens is 253 g/mol. The van der Waals surface area contributed by atoms with Crippen LogP contribution in [0.5, 0.6) is 0 Å². The maximum Gasteiger partial charge on any atom is 2.00 e. The van der Waals surface area contributed by atoms with Crippen LogP contribution in [0.25, 0.3) is 0 Å². The molecule has 0 aromatic rings. The Hall–Kier alpha value is -0.581. The molecule has 0 rings (SSSR count). The van der Waals surface area contributed by atoms with Crippen molar-refractivity contribution in [3.63, 3.8) is 0 Å². The summed E-state index contributed by atoms with van der Waals surface area (Å²) in [7, 11) is 0. The molecule has 0 aliphatic rings. The second-order valence-electron chi connectivity index (χ2n) is 2.60. The van der Waals surface area contributed by atoms with Gasteiger partial charge in [0, 0.05) is 11.9 Å². The van der Waals surface area contributed by atoms with Gasteiger partial charge in [0.05, 0.1) is 0 Å². The van der Waals surface area contributed by atoms with Crippen LogP contribution in [-0.2, 0) is 26.7 Å². The molecule has 0 saturated carbocycles. The van der Waals surface area contributed by atoms with Crippen LogP contribution in [0.15, 0.2) is 0 Å². The van der Waals surface area contributed by atoms with E-state index in [1.165, 1.54) is 19.6 Å². The largest absolute Gasteiger partial charge is 2.00 e. The minimum atomic E-state index is -1.08. The average molecular weight is 274 g/mol. The fraction of sp³-hybridized carbons (Fsp3) is 0.800. The maximum atomic E-state index is 8.89. The molecule has 0 heterocycles. The van der Waals surface area contributed by atoms with Gasteiger partial charge in [-0.05, 0) is 33.5 Å². The first kappa shape index (κ1) is 24.6. The van der Waals surface area contributed by atoms with E-state index < -0.39 is 11.9 Å². The molecule has 0 aliphatic heterocycles. The van der Waals surface area contributed by atoms with Gasteiger partial charge in [-0.25, -0.2) is 0 Å². The van der Waals surface area contributed by atoms with Crippen molar-refractivity contribution >= 4 is 11.9 Å². The van der Waals surface area contributed by atoms with Gasteiger partial charge in [-0.1, -0.05) is 20.8 Å². The first-order chi connectivity index (χ1) is 6.81. The van der Waals surface area contributed by atoms with Crippen molar-refractivity contribution in [2.45, 2.75) is 34.6 Å². The molecule has 0 aromatic carbocycles. The summed E-state index contributed by atoms with van der Waals surface area (Å²) in [4.78, 5) is 20.2. The number of rotatable bonds is 3. The van der Waals surface area contributed by atoms with Crippen LogP contribution >= 0.6 is 0 Å². The Morgan fingerprint density at radius 2 is 1.00 bits per heavy atom. The summed E-state index contributed by atoms with van der Waals surface area (Å²) in [6, 6.07) is 0. The molecule has 6 heteroatoms. The van der Waals surface area contributed by atoms with E-state index in [9.17, 15) is 0 Å². The van der Waals surface area contributed by atoms with Crippen LogP contribution in [0.2, 0.25) is 0 Å². The molecule has 0 amide bonds. The summed E-state index contributed by atoms with van der Waals surface area (Å²) >= 11 is 0. The minimum Gasteiger partial charge on any atom is -0.550 e. The van der Waals surface area contributed by atoms with E-state index in [0.717, 1.165) is 13.8 Å². The zero-order chi connectivity index (χ0) is 12.9. The van der Waals surface area contributed by atoms with Crippen LogP contribution in [0.1, 0.15) is 34.6 Å². The van der Waals surface area contributed by atoms with E-state index in [1.54, 1.807) is 0 Å². The Kier molecular flexibility index (Phi) is 30.6. The van der Waals surface area contributed by atoms with Crippen molar-refractivity contribution in [1.29, 1.82) is 0 Å². The van der Waals surface area contributed by atoms with E-state index >= 15 is 0 Å². The Balaban J connectivity index is -0.0000000700. The molecule has 16 heavy (non-hydrogen) atoms. The molecule has 1 radical (unpaired) electrons. The number of aliphatic carboxylic acids is 2. The number of hydrogen-bond acceptors (Lipinski definition) is 5. The third-order valence-corrected chi connectivity index (χ3v) is 1.34. The molecule has 0 N–H and O–H groups in total. The van der Waals surface area contributed by atoms with Crippen molar-refractivity contribution in [3.05, 3.63) is 0 Å². The first-order valence-corrected chi connectivity index (χ1v) is 4.89. The van der Waals surface area contributed by atoms with Crippen molar-refractivity contribution in [2.75, 3.05) is 19.6 Å². The van der Waals surface area contributed by atoms with Gasteiger partial charge in [-0.2, -0.15) is 0 Å². The number of hydrogen-bond donors (Lipinski definition) is 0. The van der Waals surface area contributed by atoms with Gasteiger partial charge in [-0.15, -0.1) is 0 Å². The van der Waals surface area contributed by atoms with E-state index in [2.05, 4.69) is 25.7 Å². The van der Waals surface area contributed by atoms with Crippen LogP contribution in [0.4, 0.5) is 0 Å². The van der Waals surface area contributed by atoms with Gasteiger partial charge >= 0.3 is 17.1 Å². The summed E-state index contributed by atoms with van der Waals surface area (Å²) in [5, 5.41) is 17.8. The molecular formula is C10H21MnNO4. The zero-order valence-electron chi connectivity index (χ0n) is 10.6. The number of carboxylic acids is 2. The summed E-state index contributed by atoms with van der Waals surface area (Å²) in [5.41, 5.74) is 0. The van der Waals surface area contributed by atoms with Crippen molar-refractivity contribution in [3.8, 4) is 0 Å². The quantitative estimate of drug-likeness (QED) is 0.607. The predicted molar refractivity (Wildman–Crippen MR) is 54.8 cm³/mol. The second-order valence-corrected chi connectivity index (χ2v) is 2.60. The summed E-state index contributed by atoms with van der Waals surface area (Å²) in [5.74, 6) is -2.17. The minimum absolute atomic E-state index is 0. The van der Waals surface area contributed by atoms with Gasteiger partial charge in [0.1, 0.15) is 0 Å². The van der Waals surface area contributed by atoms with Crippen LogP contribution < -0.4 is 10.2 Å². The molecule has 0 unspecified atom stereocenters. The molecule has 0 atom stereocenters. The van der Waals surface area contributed by atoms with E-state index in [4.69, 9.17) is 19.8 Å². The third-order valence-electron chi connectivity index (χ3n) is 1.34. The van der Waals surface area contributed by atoms with E-state index in [0.29, 0.717) is 0 Å². The molecule has 0 spiro atoms. The smallest absolute Gasteiger partial charge is 0.550 e. The van der Waals surface area contributed by atoms with Crippen molar-refractivity contribution in [1.82, 2.24) is 4.90 Å². The molecule has 5 nitrogen and oxygen atoms in total. The zero-order valence-corrected chi connectivity index (χ0v) is 11.8. The Bertz CT molecular complexity index is 135. The molecule has 0 aliphatic carbocycles. The first-order valence-electron chi connectivity index (χ1n) is 4.89. The summed E-state index contributed by atoms with van der Waals surface area (Å²) < 4.78 is 0. The Morgan fingerprint density at radius 3 is 1.00 bits per heavy atom. The number of nitrogens with zero attached hydrogens (tertiary/aromatic N) is 1. The second kappa shape index (κ2) is 19.9. The molecule has 97 valence electrons. The van der Waals surface area contributed by atoms with Gasteiger partial charge < -0.3 is 24.7 Å². The number of carboxylic acid groups (broad SMARTS) is 2. The van der Waals surface area contributed by atoms with Gasteiger partial charge in [0.2, 0.25) is 0 Å². The van der Waals surface area contributed by atoms with Crippen molar-refractivity contribution in [2.24, 2.45) is 0 Å². The van der Waals surface area contributed by atoms with E-state index in [-0.39, 0.29) is 17.1 Å². The summed E-state index contributed by atoms with van der Waals surface area (Å²) in [6.07, 6.45) is 0. The fourth-order valence-corrected chi connectivity index (χ4v) is 0.671. The van der Waals surface area contributed by atoms with Crippen LogP contribution in [-0.4, -0.2) is 36.5 Å². The molecule has 0 fully saturated rings. The third kappa shape index (κ3) is 70.5. The molecule has 0 bridgehead atoms. The van der Waals surface area contributed by atoms with Gasteiger partial charge in [-0.3, -0.25) is 0 Å². The summed E-state index contributed by atoms with van der Waals surface area (Å²) in [6.45, 7) is 12.1.